The number of nitrogens with one attached hydrogen (secondary N) is 2. The molecule has 0 unspecified atom stereocenters. The summed E-state index contributed by atoms with van der Waals surface area (Å²) in [6.45, 7) is 3.65. The Morgan fingerprint density at radius 3 is 2.71 bits per heavy atom. The highest BCUT2D eigenvalue weighted by atomic mass is 32.2. The number of ether oxygens (including phenoxy) is 2. The van der Waals surface area contributed by atoms with E-state index in [1.807, 2.05) is 0 Å². The summed E-state index contributed by atoms with van der Waals surface area (Å²) in [7, 11) is -3.38. The smallest absolute Gasteiger partial charge is 0.251 e. The molecule has 0 aromatic heterocycles. The first-order valence-electron chi connectivity index (χ1n) is 6.55. The molecule has 0 bridgehead atoms. The van der Waals surface area contributed by atoms with Crippen molar-refractivity contribution in [3.8, 4) is 11.5 Å². The molecule has 1 aromatic rings. The van der Waals surface area contributed by atoms with Crippen molar-refractivity contribution >= 4 is 15.9 Å². The van der Waals surface area contributed by atoms with Crippen LogP contribution in [-0.4, -0.2) is 39.5 Å². The molecule has 21 heavy (non-hydrogen) atoms. The van der Waals surface area contributed by atoms with Gasteiger partial charge in [-0.3, -0.25) is 4.79 Å². The highest BCUT2D eigenvalue weighted by molar-refractivity contribution is 7.89. The van der Waals surface area contributed by atoms with Crippen molar-refractivity contribution in [3.63, 3.8) is 0 Å². The summed E-state index contributed by atoms with van der Waals surface area (Å²) in [5.74, 6) is 0.585. The van der Waals surface area contributed by atoms with Crippen LogP contribution in [0.4, 0.5) is 0 Å². The molecule has 1 aliphatic rings. The van der Waals surface area contributed by atoms with Gasteiger partial charge in [-0.2, -0.15) is 0 Å². The van der Waals surface area contributed by atoms with Gasteiger partial charge in [-0.1, -0.05) is 0 Å². The fraction of sp³-hybridized carbons (Fsp3) is 0.462. The third-order valence-corrected chi connectivity index (χ3v) is 4.28. The van der Waals surface area contributed by atoms with E-state index in [4.69, 9.17) is 9.47 Å². The minimum absolute atomic E-state index is 0.0370. The van der Waals surface area contributed by atoms with Crippen LogP contribution >= 0.6 is 0 Å². The second-order valence-electron chi connectivity index (χ2n) is 4.92. The van der Waals surface area contributed by atoms with Crippen LogP contribution in [0.1, 0.15) is 24.2 Å². The standard InChI is InChI=1S/C13H18N2O5S/c1-9(2)15-21(17,18)6-5-14-13(16)10-3-4-11-12(7-10)20-8-19-11/h3-4,7,9,15H,5-6,8H2,1-2H3,(H,14,16). The predicted molar refractivity (Wildman–Crippen MR) is 77.0 cm³/mol. The van der Waals surface area contributed by atoms with Crippen LogP contribution < -0.4 is 19.5 Å². The normalized spacial score (nSPS) is 13.5. The zero-order valence-corrected chi connectivity index (χ0v) is 12.7. The monoisotopic (exact) mass is 314 g/mol. The van der Waals surface area contributed by atoms with Crippen LogP contribution in [0.5, 0.6) is 11.5 Å². The van der Waals surface area contributed by atoms with Crippen molar-refractivity contribution in [1.82, 2.24) is 10.0 Å². The molecule has 0 saturated heterocycles. The molecule has 0 aliphatic carbocycles. The third kappa shape index (κ3) is 4.33. The maximum absolute atomic E-state index is 11.9. The van der Waals surface area contributed by atoms with Crippen LogP contribution in [-0.2, 0) is 10.0 Å². The van der Waals surface area contributed by atoms with E-state index in [9.17, 15) is 13.2 Å². The van der Waals surface area contributed by atoms with E-state index in [0.29, 0.717) is 17.1 Å². The molecule has 1 aromatic carbocycles. The van der Waals surface area contributed by atoms with Crippen LogP contribution in [0.15, 0.2) is 18.2 Å². The summed E-state index contributed by atoms with van der Waals surface area (Å²) in [5, 5.41) is 2.57. The van der Waals surface area contributed by atoms with Gasteiger partial charge in [-0.25, -0.2) is 13.1 Å². The molecule has 8 heteroatoms. The number of carbonyl (C=O) groups is 1. The van der Waals surface area contributed by atoms with E-state index >= 15 is 0 Å². The van der Waals surface area contributed by atoms with Crippen LogP contribution in [0, 0.1) is 0 Å². The quantitative estimate of drug-likeness (QED) is 0.796. The molecule has 1 aliphatic heterocycles. The number of carbonyl (C=O) groups excluding carboxylic acids is 1. The van der Waals surface area contributed by atoms with Gasteiger partial charge in [0, 0.05) is 18.2 Å². The Bertz CT molecular complexity index is 627. The Morgan fingerprint density at radius 1 is 1.29 bits per heavy atom. The van der Waals surface area contributed by atoms with E-state index in [1.54, 1.807) is 32.0 Å². The summed E-state index contributed by atoms with van der Waals surface area (Å²) >= 11 is 0. The van der Waals surface area contributed by atoms with E-state index in [0.717, 1.165) is 0 Å². The van der Waals surface area contributed by atoms with Gasteiger partial charge >= 0.3 is 0 Å². The van der Waals surface area contributed by atoms with E-state index < -0.39 is 10.0 Å². The van der Waals surface area contributed by atoms with Crippen molar-refractivity contribution in [2.24, 2.45) is 0 Å². The van der Waals surface area contributed by atoms with Gasteiger partial charge in [0.2, 0.25) is 16.8 Å². The number of sulfonamides is 1. The second kappa shape index (κ2) is 6.31. The van der Waals surface area contributed by atoms with Gasteiger partial charge in [-0.05, 0) is 32.0 Å². The average Bonchev–Trinajstić information content (AvgIpc) is 2.83. The largest absolute Gasteiger partial charge is 0.454 e. The van der Waals surface area contributed by atoms with E-state index in [-0.39, 0.29) is 31.0 Å². The van der Waals surface area contributed by atoms with E-state index in [2.05, 4.69) is 10.0 Å². The van der Waals surface area contributed by atoms with Gasteiger partial charge in [-0.15, -0.1) is 0 Å². The summed E-state index contributed by atoms with van der Waals surface area (Å²) < 4.78 is 36.0. The lowest BCUT2D eigenvalue weighted by Gasteiger charge is -2.10. The molecule has 0 atom stereocenters. The second-order valence-corrected chi connectivity index (χ2v) is 6.79. The SMILES string of the molecule is CC(C)NS(=O)(=O)CCNC(=O)c1ccc2c(c1)OCO2. The molecule has 116 valence electrons. The minimum Gasteiger partial charge on any atom is -0.454 e. The zero-order valence-electron chi connectivity index (χ0n) is 11.9. The predicted octanol–water partition coefficient (Wildman–Crippen LogP) is 0.473. The topological polar surface area (TPSA) is 93.7 Å². The molecule has 0 saturated carbocycles. The van der Waals surface area contributed by atoms with Crippen LogP contribution in [0.3, 0.4) is 0 Å². The Kier molecular flexibility index (Phi) is 4.69. The lowest BCUT2D eigenvalue weighted by Crippen LogP contribution is -2.37. The van der Waals surface area contributed by atoms with Gasteiger partial charge in [0.05, 0.1) is 5.75 Å². The van der Waals surface area contributed by atoms with E-state index in [1.165, 1.54) is 0 Å². The fourth-order valence-corrected chi connectivity index (χ4v) is 3.06. The number of hydrogen-bond donors (Lipinski definition) is 2. The zero-order chi connectivity index (χ0) is 15.5. The Labute approximate surface area is 123 Å². The van der Waals surface area contributed by atoms with Crippen molar-refractivity contribution in [2.45, 2.75) is 19.9 Å². The number of rotatable bonds is 6. The lowest BCUT2D eigenvalue weighted by atomic mass is 10.2. The first-order chi connectivity index (χ1) is 9.87. The summed E-state index contributed by atoms with van der Waals surface area (Å²) in [6.07, 6.45) is 0. The van der Waals surface area contributed by atoms with Gasteiger partial charge in [0.15, 0.2) is 11.5 Å². The van der Waals surface area contributed by atoms with Crippen LogP contribution in [0.2, 0.25) is 0 Å². The summed E-state index contributed by atoms with van der Waals surface area (Å²) in [4.78, 5) is 11.9. The fourth-order valence-electron chi connectivity index (χ4n) is 1.86. The minimum atomic E-state index is -3.38. The molecule has 2 N–H and O–H groups in total. The van der Waals surface area contributed by atoms with Crippen LogP contribution in [0.25, 0.3) is 0 Å². The molecule has 0 spiro atoms. The first kappa shape index (κ1) is 15.6. The Morgan fingerprint density at radius 2 is 2.00 bits per heavy atom. The molecular weight excluding hydrogens is 296 g/mol. The Hall–Kier alpha value is -1.80. The third-order valence-electron chi connectivity index (χ3n) is 2.71. The Balaban J connectivity index is 1.88. The van der Waals surface area contributed by atoms with Crippen molar-refractivity contribution in [2.75, 3.05) is 19.1 Å². The molecule has 1 amide bonds. The molecule has 0 radical (unpaired) electrons. The number of hydrogen-bond acceptors (Lipinski definition) is 5. The van der Waals surface area contributed by atoms with Crippen molar-refractivity contribution in [3.05, 3.63) is 23.8 Å². The maximum atomic E-state index is 11.9. The lowest BCUT2D eigenvalue weighted by molar-refractivity contribution is 0.0955. The maximum Gasteiger partial charge on any atom is 0.251 e. The van der Waals surface area contributed by atoms with Gasteiger partial charge < -0.3 is 14.8 Å². The van der Waals surface area contributed by atoms with Crippen molar-refractivity contribution in [1.29, 1.82) is 0 Å². The molecule has 7 nitrogen and oxygen atoms in total. The average molecular weight is 314 g/mol. The number of benzene rings is 1. The first-order valence-corrected chi connectivity index (χ1v) is 8.20. The molecular formula is C13H18N2O5S. The van der Waals surface area contributed by atoms with Gasteiger partial charge in [0.25, 0.3) is 5.91 Å². The molecule has 2 rings (SSSR count). The highest BCUT2D eigenvalue weighted by Crippen LogP contribution is 2.32. The molecule has 1 heterocycles. The van der Waals surface area contributed by atoms with Crippen molar-refractivity contribution < 1.29 is 22.7 Å². The number of amides is 1. The summed E-state index contributed by atoms with van der Waals surface area (Å²) in [6, 6.07) is 4.65. The summed E-state index contributed by atoms with van der Waals surface area (Å²) in [5.41, 5.74) is 0.397. The highest BCUT2D eigenvalue weighted by Gasteiger charge is 2.17. The van der Waals surface area contributed by atoms with Gasteiger partial charge in [0.1, 0.15) is 0 Å². The number of fused-ring (bicyclic) bond motifs is 1. The molecule has 0 fully saturated rings.